The second kappa shape index (κ2) is 9.17. The van der Waals surface area contributed by atoms with Crippen molar-refractivity contribution in [1.82, 2.24) is 14.8 Å². The van der Waals surface area contributed by atoms with Crippen molar-refractivity contribution in [2.24, 2.45) is 0 Å². The molecular weight excluding hydrogens is 414 g/mol. The van der Waals surface area contributed by atoms with Crippen molar-refractivity contribution >= 4 is 27.3 Å². The molecule has 0 N–H and O–H groups in total. The average Bonchev–Trinajstić information content (AvgIpc) is 2.91. The Labute approximate surface area is 168 Å². The summed E-state index contributed by atoms with van der Waals surface area (Å²) in [4.78, 5) is 9.62. The number of hydrogen-bond acceptors (Lipinski definition) is 6. The number of halogens is 1. The van der Waals surface area contributed by atoms with Crippen LogP contribution in [0.1, 0.15) is 22.7 Å². The molecule has 0 radical (unpaired) electrons. The van der Waals surface area contributed by atoms with E-state index < -0.39 is 0 Å². The molecule has 2 aromatic rings. The molecule has 7 heteroatoms. The number of methoxy groups -OCH3 is 2. The largest absolute Gasteiger partial charge is 0.493 e. The van der Waals surface area contributed by atoms with Gasteiger partial charge in [-0.05, 0) is 44.1 Å². The van der Waals surface area contributed by atoms with Crippen LogP contribution < -0.4 is 9.47 Å². The molecular formula is C19H26BrN3O2S. The first-order valence-corrected chi connectivity index (χ1v) is 10.5. The van der Waals surface area contributed by atoms with Crippen molar-refractivity contribution in [2.75, 3.05) is 40.4 Å². The van der Waals surface area contributed by atoms with Gasteiger partial charge in [0.15, 0.2) is 11.5 Å². The van der Waals surface area contributed by atoms with Crippen molar-refractivity contribution in [1.29, 1.82) is 0 Å². The van der Waals surface area contributed by atoms with E-state index in [1.807, 2.05) is 6.07 Å². The van der Waals surface area contributed by atoms with Crippen LogP contribution in [-0.2, 0) is 13.1 Å². The van der Waals surface area contributed by atoms with E-state index in [0.717, 1.165) is 60.2 Å². The van der Waals surface area contributed by atoms with Crippen molar-refractivity contribution in [3.05, 3.63) is 38.3 Å². The number of hydrogen-bond donors (Lipinski definition) is 0. The summed E-state index contributed by atoms with van der Waals surface area (Å²) in [6.07, 6.45) is 1.17. The van der Waals surface area contributed by atoms with Crippen LogP contribution in [0.25, 0.3) is 0 Å². The van der Waals surface area contributed by atoms with E-state index in [4.69, 9.17) is 9.47 Å². The van der Waals surface area contributed by atoms with Crippen LogP contribution in [0.2, 0.25) is 0 Å². The van der Waals surface area contributed by atoms with Crippen molar-refractivity contribution in [3.8, 4) is 11.5 Å². The lowest BCUT2D eigenvalue weighted by molar-refractivity contribution is 0.245. The maximum Gasteiger partial charge on any atom is 0.161 e. The van der Waals surface area contributed by atoms with Crippen molar-refractivity contribution < 1.29 is 9.47 Å². The molecule has 1 aromatic heterocycles. The summed E-state index contributed by atoms with van der Waals surface area (Å²) in [7, 11) is 3.34. The van der Waals surface area contributed by atoms with E-state index >= 15 is 0 Å². The monoisotopic (exact) mass is 439 g/mol. The third-order valence-corrected chi connectivity index (χ3v) is 6.24. The molecule has 0 bridgehead atoms. The molecule has 0 spiro atoms. The number of rotatable bonds is 6. The zero-order valence-electron chi connectivity index (χ0n) is 15.6. The topological polar surface area (TPSA) is 37.8 Å². The normalized spacial score (nSPS) is 16.5. The molecule has 0 aliphatic carbocycles. The minimum Gasteiger partial charge on any atom is -0.493 e. The van der Waals surface area contributed by atoms with Crippen molar-refractivity contribution in [3.63, 3.8) is 0 Å². The van der Waals surface area contributed by atoms with Crippen LogP contribution in [0.5, 0.6) is 11.5 Å². The Morgan fingerprint density at radius 1 is 1.04 bits per heavy atom. The first-order valence-electron chi connectivity index (χ1n) is 8.85. The highest BCUT2D eigenvalue weighted by Gasteiger charge is 2.18. The first-order chi connectivity index (χ1) is 12.6. The minimum absolute atomic E-state index is 0.753. The van der Waals surface area contributed by atoms with Crippen LogP contribution in [0.15, 0.2) is 22.0 Å². The SMILES string of the molecule is COc1cc(Br)c(CN2CCCN(Cc3csc(C)n3)CC2)cc1OC. The van der Waals surface area contributed by atoms with E-state index in [0.29, 0.717) is 0 Å². The van der Waals surface area contributed by atoms with Crippen LogP contribution in [0.3, 0.4) is 0 Å². The van der Waals surface area contributed by atoms with Gasteiger partial charge in [-0.15, -0.1) is 11.3 Å². The Balaban J connectivity index is 1.61. The number of thiazole rings is 1. The molecule has 0 amide bonds. The predicted octanol–water partition coefficient (Wildman–Crippen LogP) is 3.94. The van der Waals surface area contributed by atoms with Gasteiger partial charge in [-0.2, -0.15) is 0 Å². The molecule has 0 saturated carbocycles. The van der Waals surface area contributed by atoms with Gasteiger partial charge in [0.1, 0.15) is 0 Å². The number of ether oxygens (including phenoxy) is 2. The van der Waals surface area contributed by atoms with E-state index in [9.17, 15) is 0 Å². The number of benzene rings is 1. The third-order valence-electron chi connectivity index (χ3n) is 4.68. The molecule has 5 nitrogen and oxygen atoms in total. The van der Waals surface area contributed by atoms with Gasteiger partial charge >= 0.3 is 0 Å². The van der Waals surface area contributed by atoms with E-state index in [2.05, 4.69) is 49.1 Å². The lowest BCUT2D eigenvalue weighted by Gasteiger charge is -2.22. The van der Waals surface area contributed by atoms with Gasteiger partial charge in [0.05, 0.1) is 24.9 Å². The summed E-state index contributed by atoms with van der Waals surface area (Å²) in [6, 6.07) is 4.06. The third kappa shape index (κ3) is 4.97. The molecule has 1 fully saturated rings. The standard InChI is InChI=1S/C19H26BrN3O2S/c1-14-21-16(13-26-14)12-23-6-4-5-22(7-8-23)11-15-9-18(24-2)19(25-3)10-17(15)20/h9-10,13H,4-8,11-12H2,1-3H3. The zero-order valence-corrected chi connectivity index (χ0v) is 18.0. The summed E-state index contributed by atoms with van der Waals surface area (Å²) in [5.41, 5.74) is 2.43. The van der Waals surface area contributed by atoms with E-state index in [1.165, 1.54) is 17.7 Å². The summed E-state index contributed by atoms with van der Waals surface area (Å²) in [5.74, 6) is 1.53. The zero-order chi connectivity index (χ0) is 18.5. The first kappa shape index (κ1) is 19.6. The predicted molar refractivity (Wildman–Crippen MR) is 109 cm³/mol. The fourth-order valence-corrected chi connectivity index (χ4v) is 4.36. The van der Waals surface area contributed by atoms with Crippen molar-refractivity contribution in [2.45, 2.75) is 26.4 Å². The molecule has 26 heavy (non-hydrogen) atoms. The Morgan fingerprint density at radius 3 is 2.31 bits per heavy atom. The number of aromatic nitrogens is 1. The molecule has 0 atom stereocenters. The summed E-state index contributed by atoms with van der Waals surface area (Å²) >= 11 is 5.41. The smallest absolute Gasteiger partial charge is 0.161 e. The average molecular weight is 440 g/mol. The Kier molecular flexibility index (Phi) is 6.92. The van der Waals surface area contributed by atoms with Gasteiger partial charge < -0.3 is 9.47 Å². The molecule has 3 rings (SSSR count). The fourth-order valence-electron chi connectivity index (χ4n) is 3.31. The molecule has 1 saturated heterocycles. The Morgan fingerprint density at radius 2 is 1.69 bits per heavy atom. The molecule has 142 valence electrons. The second-order valence-electron chi connectivity index (χ2n) is 6.56. The summed E-state index contributed by atoms with van der Waals surface area (Å²) < 4.78 is 11.9. The van der Waals surface area contributed by atoms with Gasteiger partial charge in [-0.1, -0.05) is 15.9 Å². The molecule has 2 heterocycles. The summed E-state index contributed by atoms with van der Waals surface area (Å²) in [5, 5.41) is 3.33. The van der Waals surface area contributed by atoms with Crippen LogP contribution in [0.4, 0.5) is 0 Å². The lowest BCUT2D eigenvalue weighted by atomic mass is 10.2. The maximum absolute atomic E-state index is 5.45. The molecule has 1 aromatic carbocycles. The second-order valence-corrected chi connectivity index (χ2v) is 8.48. The lowest BCUT2D eigenvalue weighted by Crippen LogP contribution is -2.30. The Bertz CT molecular complexity index is 738. The quantitative estimate of drug-likeness (QED) is 0.681. The van der Waals surface area contributed by atoms with E-state index in [1.54, 1.807) is 25.6 Å². The molecule has 1 aliphatic rings. The Hall–Kier alpha value is -1.15. The molecule has 1 aliphatic heterocycles. The number of nitrogens with zero attached hydrogens (tertiary/aromatic N) is 3. The molecule has 0 unspecified atom stereocenters. The minimum atomic E-state index is 0.753. The van der Waals surface area contributed by atoms with E-state index in [-0.39, 0.29) is 0 Å². The van der Waals surface area contributed by atoms with Crippen LogP contribution >= 0.6 is 27.3 Å². The van der Waals surface area contributed by atoms with Crippen LogP contribution in [0, 0.1) is 6.92 Å². The number of aryl methyl sites for hydroxylation is 1. The highest BCUT2D eigenvalue weighted by atomic mass is 79.9. The fraction of sp³-hybridized carbons (Fsp3) is 0.526. The highest BCUT2D eigenvalue weighted by Crippen LogP contribution is 2.34. The van der Waals surface area contributed by atoms with Gasteiger partial charge in [-0.25, -0.2) is 4.98 Å². The van der Waals surface area contributed by atoms with Gasteiger partial charge in [0.2, 0.25) is 0 Å². The highest BCUT2D eigenvalue weighted by molar-refractivity contribution is 9.10. The summed E-state index contributed by atoms with van der Waals surface area (Å²) in [6.45, 7) is 8.29. The maximum atomic E-state index is 5.45. The van der Waals surface area contributed by atoms with Crippen LogP contribution in [-0.4, -0.2) is 55.2 Å². The van der Waals surface area contributed by atoms with Gasteiger partial charge in [-0.3, -0.25) is 9.80 Å². The van der Waals surface area contributed by atoms with Gasteiger partial charge in [0.25, 0.3) is 0 Å². The van der Waals surface area contributed by atoms with Gasteiger partial charge in [0, 0.05) is 36.0 Å².